The van der Waals surface area contributed by atoms with Crippen LogP contribution >= 0.6 is 0 Å². The third-order valence-corrected chi connectivity index (χ3v) is 4.50. The molecule has 0 bridgehead atoms. The van der Waals surface area contributed by atoms with Crippen LogP contribution in [0.15, 0.2) is 85.2 Å². The van der Waals surface area contributed by atoms with E-state index in [-0.39, 0.29) is 5.75 Å². The molecule has 0 radical (unpaired) electrons. The number of rotatable bonds is 4. The maximum absolute atomic E-state index is 12.3. The van der Waals surface area contributed by atoms with Gasteiger partial charge in [-0.2, -0.15) is 0 Å². The van der Waals surface area contributed by atoms with Gasteiger partial charge < -0.3 is 4.74 Å². The van der Waals surface area contributed by atoms with E-state index in [1.807, 2.05) is 36.5 Å². The monoisotopic (exact) mass is 379 g/mol. The van der Waals surface area contributed by atoms with Crippen LogP contribution in [0.3, 0.4) is 0 Å². The predicted molar refractivity (Wildman–Crippen MR) is 103 cm³/mol. The Morgan fingerprint density at radius 3 is 2.18 bits per heavy atom. The van der Waals surface area contributed by atoms with Crippen molar-refractivity contribution in [3.63, 3.8) is 0 Å². The second-order valence-corrected chi connectivity index (χ2v) is 6.47. The number of nitrogens with zero attached hydrogens (tertiary/aromatic N) is 1. The van der Waals surface area contributed by atoms with Crippen LogP contribution in [0.25, 0.3) is 21.9 Å². The Morgan fingerprint density at radius 2 is 1.54 bits per heavy atom. The lowest BCUT2D eigenvalue weighted by Crippen LogP contribution is -2.17. The minimum atomic E-state index is -4.69. The van der Waals surface area contributed by atoms with Crippen molar-refractivity contribution in [3.05, 3.63) is 96.3 Å². The molecule has 0 atom stereocenters. The van der Waals surface area contributed by atoms with E-state index in [1.54, 1.807) is 18.3 Å². The lowest BCUT2D eigenvalue weighted by Gasteiger charge is -2.13. The molecule has 0 saturated carbocycles. The van der Waals surface area contributed by atoms with Crippen molar-refractivity contribution in [2.45, 2.75) is 12.8 Å². The van der Waals surface area contributed by atoms with Crippen LogP contribution in [0.5, 0.6) is 5.75 Å². The summed E-state index contributed by atoms with van der Waals surface area (Å²) >= 11 is 0. The number of hydrogen-bond acceptors (Lipinski definition) is 2. The number of halogens is 3. The van der Waals surface area contributed by atoms with Crippen LogP contribution in [0.2, 0.25) is 0 Å². The van der Waals surface area contributed by atoms with Crippen molar-refractivity contribution in [2.24, 2.45) is 0 Å². The zero-order valence-corrected chi connectivity index (χ0v) is 14.8. The standard InChI is InChI=1S/C23H16F3NO/c24-23(25,26)28-21-9-7-16(8-10-21)12-20-13-17-4-1-2-5-18(17)14-22(20)19-6-3-11-27-15-19/h1-11,13-15H,12H2. The fourth-order valence-corrected chi connectivity index (χ4v) is 3.25. The molecule has 0 aliphatic carbocycles. The second-order valence-electron chi connectivity index (χ2n) is 6.47. The summed E-state index contributed by atoms with van der Waals surface area (Å²) in [4.78, 5) is 4.21. The first kappa shape index (κ1) is 18.0. The molecule has 1 aromatic heterocycles. The fraction of sp³-hybridized carbons (Fsp3) is 0.0870. The average molecular weight is 379 g/mol. The molecule has 1 heterocycles. The summed E-state index contributed by atoms with van der Waals surface area (Å²) in [5, 5.41) is 2.24. The molecule has 0 fully saturated rings. The van der Waals surface area contributed by atoms with Crippen LogP contribution in [0.1, 0.15) is 11.1 Å². The first-order chi connectivity index (χ1) is 13.5. The molecule has 5 heteroatoms. The summed E-state index contributed by atoms with van der Waals surface area (Å²) in [6.45, 7) is 0. The van der Waals surface area contributed by atoms with Crippen molar-refractivity contribution in [2.75, 3.05) is 0 Å². The zero-order chi connectivity index (χ0) is 19.6. The summed E-state index contributed by atoms with van der Waals surface area (Å²) in [5.74, 6) is -0.220. The van der Waals surface area contributed by atoms with Crippen LogP contribution in [-0.2, 0) is 6.42 Å². The Bertz CT molecular complexity index is 1090. The number of alkyl halides is 3. The van der Waals surface area contributed by atoms with Gasteiger partial charge >= 0.3 is 6.36 Å². The van der Waals surface area contributed by atoms with E-state index in [0.29, 0.717) is 6.42 Å². The number of benzene rings is 3. The Balaban J connectivity index is 1.71. The summed E-state index contributed by atoms with van der Waals surface area (Å²) in [7, 11) is 0. The van der Waals surface area contributed by atoms with E-state index in [0.717, 1.165) is 33.0 Å². The molecule has 28 heavy (non-hydrogen) atoms. The van der Waals surface area contributed by atoms with Crippen LogP contribution < -0.4 is 4.74 Å². The third-order valence-electron chi connectivity index (χ3n) is 4.50. The maximum Gasteiger partial charge on any atom is 0.573 e. The summed E-state index contributed by atoms with van der Waals surface area (Å²) < 4.78 is 41.0. The number of fused-ring (bicyclic) bond motifs is 1. The largest absolute Gasteiger partial charge is 0.573 e. The second kappa shape index (κ2) is 7.35. The zero-order valence-electron chi connectivity index (χ0n) is 14.8. The smallest absolute Gasteiger partial charge is 0.406 e. The van der Waals surface area contributed by atoms with Crippen molar-refractivity contribution in [1.29, 1.82) is 0 Å². The predicted octanol–water partition coefficient (Wildman–Crippen LogP) is 6.39. The lowest BCUT2D eigenvalue weighted by molar-refractivity contribution is -0.274. The van der Waals surface area contributed by atoms with Gasteiger partial charge in [-0.05, 0) is 58.1 Å². The summed E-state index contributed by atoms with van der Waals surface area (Å²) in [6, 6.07) is 22.2. The first-order valence-corrected chi connectivity index (χ1v) is 8.75. The highest BCUT2D eigenvalue weighted by molar-refractivity contribution is 5.89. The molecule has 0 amide bonds. The molecule has 0 aliphatic rings. The fourth-order valence-electron chi connectivity index (χ4n) is 3.25. The Hall–Kier alpha value is -3.34. The van der Waals surface area contributed by atoms with Crippen LogP contribution in [0, 0.1) is 0 Å². The van der Waals surface area contributed by atoms with Gasteiger partial charge in [0.15, 0.2) is 0 Å². The first-order valence-electron chi connectivity index (χ1n) is 8.75. The molecular weight excluding hydrogens is 363 g/mol. The van der Waals surface area contributed by atoms with E-state index in [1.165, 1.54) is 12.1 Å². The quantitative estimate of drug-likeness (QED) is 0.410. The van der Waals surface area contributed by atoms with Crippen molar-refractivity contribution in [3.8, 4) is 16.9 Å². The van der Waals surface area contributed by atoms with E-state index in [2.05, 4.69) is 27.9 Å². The SMILES string of the molecule is FC(F)(F)Oc1ccc(Cc2cc3ccccc3cc2-c2cccnc2)cc1. The van der Waals surface area contributed by atoms with E-state index >= 15 is 0 Å². The molecule has 0 unspecified atom stereocenters. The Kier molecular flexibility index (Phi) is 4.74. The van der Waals surface area contributed by atoms with Gasteiger partial charge in [0.25, 0.3) is 0 Å². The van der Waals surface area contributed by atoms with Crippen molar-refractivity contribution in [1.82, 2.24) is 4.98 Å². The molecule has 2 nitrogen and oxygen atoms in total. The van der Waals surface area contributed by atoms with Gasteiger partial charge in [0.1, 0.15) is 5.75 Å². The van der Waals surface area contributed by atoms with Crippen LogP contribution in [-0.4, -0.2) is 11.3 Å². The Morgan fingerprint density at radius 1 is 0.821 bits per heavy atom. The van der Waals surface area contributed by atoms with Crippen molar-refractivity contribution >= 4 is 10.8 Å². The normalized spacial score (nSPS) is 11.5. The van der Waals surface area contributed by atoms with Gasteiger partial charge in [0.05, 0.1) is 0 Å². The number of pyridine rings is 1. The molecule has 0 spiro atoms. The molecule has 4 aromatic rings. The molecular formula is C23H16F3NO. The van der Waals surface area contributed by atoms with Gasteiger partial charge in [0, 0.05) is 18.0 Å². The molecule has 0 saturated heterocycles. The van der Waals surface area contributed by atoms with E-state index < -0.39 is 6.36 Å². The van der Waals surface area contributed by atoms with Gasteiger partial charge in [-0.25, -0.2) is 0 Å². The molecule has 3 aromatic carbocycles. The highest BCUT2D eigenvalue weighted by Crippen LogP contribution is 2.31. The van der Waals surface area contributed by atoms with Gasteiger partial charge in [0.2, 0.25) is 0 Å². The lowest BCUT2D eigenvalue weighted by atomic mass is 9.92. The third kappa shape index (κ3) is 4.14. The highest BCUT2D eigenvalue weighted by atomic mass is 19.4. The van der Waals surface area contributed by atoms with E-state index in [4.69, 9.17) is 0 Å². The van der Waals surface area contributed by atoms with E-state index in [9.17, 15) is 13.2 Å². The average Bonchev–Trinajstić information content (AvgIpc) is 2.68. The van der Waals surface area contributed by atoms with Gasteiger partial charge in [-0.3, -0.25) is 4.98 Å². The number of ether oxygens (including phenoxy) is 1. The van der Waals surface area contributed by atoms with Crippen LogP contribution in [0.4, 0.5) is 13.2 Å². The number of aromatic nitrogens is 1. The molecule has 0 aliphatic heterocycles. The van der Waals surface area contributed by atoms with Crippen molar-refractivity contribution < 1.29 is 17.9 Å². The summed E-state index contributed by atoms with van der Waals surface area (Å²) in [5.41, 5.74) is 4.04. The minimum Gasteiger partial charge on any atom is -0.406 e. The molecule has 0 N–H and O–H groups in total. The van der Waals surface area contributed by atoms with Gasteiger partial charge in [-0.15, -0.1) is 13.2 Å². The minimum absolute atomic E-state index is 0.220. The maximum atomic E-state index is 12.3. The molecule has 140 valence electrons. The molecule has 4 rings (SSSR count). The highest BCUT2D eigenvalue weighted by Gasteiger charge is 2.30. The number of hydrogen-bond donors (Lipinski definition) is 0. The topological polar surface area (TPSA) is 22.1 Å². The Labute approximate surface area is 160 Å². The summed E-state index contributed by atoms with van der Waals surface area (Å²) in [6.07, 6.45) is -0.563. The van der Waals surface area contributed by atoms with Gasteiger partial charge in [-0.1, -0.05) is 48.5 Å².